The van der Waals surface area contributed by atoms with Crippen molar-refractivity contribution >= 4 is 38.9 Å². The summed E-state index contributed by atoms with van der Waals surface area (Å²) < 4.78 is 2.17. The lowest BCUT2D eigenvalue weighted by Gasteiger charge is -2.04. The lowest BCUT2D eigenvalue weighted by atomic mass is 10.2. The van der Waals surface area contributed by atoms with Crippen LogP contribution < -0.4 is 5.56 Å². The second kappa shape index (κ2) is 5.09. The number of rotatable bonds is 3. The van der Waals surface area contributed by atoms with Gasteiger partial charge in [0.15, 0.2) is 0 Å². The number of carboxylic acid groups (broad SMARTS) is 1. The second-order valence-corrected chi connectivity index (χ2v) is 6.91. The van der Waals surface area contributed by atoms with Crippen molar-refractivity contribution in [3.8, 4) is 0 Å². The van der Waals surface area contributed by atoms with Gasteiger partial charge in [0.2, 0.25) is 0 Å². The van der Waals surface area contributed by atoms with Crippen molar-refractivity contribution in [2.45, 2.75) is 20.4 Å². The van der Waals surface area contributed by atoms with E-state index in [0.717, 1.165) is 21.5 Å². The minimum absolute atomic E-state index is 0.0828. The Kier molecular flexibility index (Phi) is 3.38. The Morgan fingerprint density at radius 1 is 1.43 bits per heavy atom. The third-order valence-electron chi connectivity index (χ3n) is 3.30. The zero-order valence-corrected chi connectivity index (χ0v) is 13.0. The fourth-order valence-corrected chi connectivity index (χ4v) is 3.96. The highest BCUT2D eigenvalue weighted by Crippen LogP contribution is 2.23. The molecule has 0 fully saturated rings. The normalized spacial score (nSPS) is 11.1. The van der Waals surface area contributed by atoms with E-state index in [4.69, 9.17) is 5.11 Å². The minimum Gasteiger partial charge on any atom is -0.477 e. The molecule has 0 aliphatic carbocycles. The first-order valence-corrected chi connectivity index (χ1v) is 7.93. The van der Waals surface area contributed by atoms with Crippen LogP contribution in [0.3, 0.4) is 0 Å². The van der Waals surface area contributed by atoms with E-state index in [0.29, 0.717) is 11.2 Å². The van der Waals surface area contributed by atoms with E-state index >= 15 is 0 Å². The van der Waals surface area contributed by atoms with Crippen LogP contribution in [0.15, 0.2) is 22.6 Å². The van der Waals surface area contributed by atoms with Crippen molar-refractivity contribution in [1.29, 1.82) is 0 Å². The van der Waals surface area contributed by atoms with Crippen molar-refractivity contribution in [2.75, 3.05) is 0 Å². The second-order valence-electron chi connectivity index (χ2n) is 4.77. The number of carbonyl (C=O) groups is 1. The lowest BCUT2D eigenvalue weighted by Crippen LogP contribution is -2.20. The predicted octanol–water partition coefficient (Wildman–Crippen LogP) is 2.88. The number of aromatic nitrogens is 2. The van der Waals surface area contributed by atoms with E-state index in [1.54, 1.807) is 6.07 Å². The lowest BCUT2D eigenvalue weighted by molar-refractivity contribution is 0.0702. The van der Waals surface area contributed by atoms with E-state index in [1.165, 1.54) is 33.6 Å². The van der Waals surface area contributed by atoms with Gasteiger partial charge in [-0.3, -0.25) is 9.36 Å². The standard InChI is InChI=1S/C14H12N2O3S2/c1-7-5-20-12-11(7)15-6-16(13(12)17)4-9-3-10(14(18)19)21-8(9)2/h3,5-6H,4H2,1-2H3,(H,18,19). The molecule has 1 N–H and O–H groups in total. The maximum absolute atomic E-state index is 12.4. The molecule has 0 saturated heterocycles. The van der Waals surface area contributed by atoms with Gasteiger partial charge >= 0.3 is 5.97 Å². The van der Waals surface area contributed by atoms with Gasteiger partial charge in [0.25, 0.3) is 5.56 Å². The number of nitrogens with zero attached hydrogens (tertiary/aromatic N) is 2. The van der Waals surface area contributed by atoms with Gasteiger partial charge in [-0.15, -0.1) is 22.7 Å². The van der Waals surface area contributed by atoms with Crippen LogP contribution in [0, 0.1) is 13.8 Å². The van der Waals surface area contributed by atoms with Crippen LogP contribution in [0.4, 0.5) is 0 Å². The van der Waals surface area contributed by atoms with Gasteiger partial charge in [-0.25, -0.2) is 9.78 Å². The molecule has 0 aliphatic heterocycles. The number of hydrogen-bond donors (Lipinski definition) is 1. The molecule has 21 heavy (non-hydrogen) atoms. The van der Waals surface area contributed by atoms with Crippen LogP contribution in [-0.2, 0) is 6.54 Å². The maximum atomic E-state index is 12.4. The Labute approximate surface area is 128 Å². The quantitative estimate of drug-likeness (QED) is 0.805. The average molecular weight is 320 g/mol. The third-order valence-corrected chi connectivity index (χ3v) is 5.45. The maximum Gasteiger partial charge on any atom is 0.345 e. The van der Waals surface area contributed by atoms with E-state index in [-0.39, 0.29) is 10.4 Å². The smallest absolute Gasteiger partial charge is 0.345 e. The molecule has 3 rings (SSSR count). The summed E-state index contributed by atoms with van der Waals surface area (Å²) in [6.07, 6.45) is 1.53. The highest BCUT2D eigenvalue weighted by Gasteiger charge is 2.13. The molecule has 7 heteroatoms. The summed E-state index contributed by atoms with van der Waals surface area (Å²) in [5, 5.41) is 10.9. The van der Waals surface area contributed by atoms with Gasteiger partial charge in [-0.2, -0.15) is 0 Å². The molecule has 0 atom stereocenters. The van der Waals surface area contributed by atoms with Crippen LogP contribution >= 0.6 is 22.7 Å². The van der Waals surface area contributed by atoms with Gasteiger partial charge in [0.05, 0.1) is 18.4 Å². The fraction of sp³-hybridized carbons (Fsp3) is 0.214. The first kappa shape index (κ1) is 14.0. The highest BCUT2D eigenvalue weighted by molar-refractivity contribution is 7.17. The van der Waals surface area contributed by atoms with Gasteiger partial charge in [0.1, 0.15) is 9.58 Å². The van der Waals surface area contributed by atoms with Crippen LogP contribution in [0.5, 0.6) is 0 Å². The highest BCUT2D eigenvalue weighted by atomic mass is 32.1. The summed E-state index contributed by atoms with van der Waals surface area (Å²) >= 11 is 2.61. The number of fused-ring (bicyclic) bond motifs is 1. The molecule has 108 valence electrons. The molecule has 0 radical (unpaired) electrons. The number of aromatic carboxylic acids is 1. The van der Waals surface area contributed by atoms with Gasteiger partial charge in [-0.05, 0) is 36.4 Å². The molecule has 3 aromatic rings. The first-order chi connectivity index (χ1) is 9.97. The molecule has 0 saturated carbocycles. The van der Waals surface area contributed by atoms with Crippen LogP contribution in [-0.4, -0.2) is 20.6 Å². The molecule has 0 bridgehead atoms. The molecule has 3 heterocycles. The molecule has 0 amide bonds. The van der Waals surface area contributed by atoms with E-state index in [1.807, 2.05) is 19.2 Å². The topological polar surface area (TPSA) is 72.2 Å². The van der Waals surface area contributed by atoms with E-state index in [2.05, 4.69) is 4.98 Å². The van der Waals surface area contributed by atoms with E-state index in [9.17, 15) is 9.59 Å². The Balaban J connectivity index is 2.04. The Morgan fingerprint density at radius 2 is 2.19 bits per heavy atom. The monoisotopic (exact) mass is 320 g/mol. The molecule has 0 spiro atoms. The van der Waals surface area contributed by atoms with Crippen LogP contribution in [0.1, 0.15) is 25.7 Å². The van der Waals surface area contributed by atoms with Gasteiger partial charge in [-0.1, -0.05) is 0 Å². The van der Waals surface area contributed by atoms with E-state index < -0.39 is 5.97 Å². The van der Waals surface area contributed by atoms with Gasteiger partial charge in [0, 0.05) is 4.88 Å². The SMILES string of the molecule is Cc1sc(C(=O)O)cc1Cn1cnc2c(C)csc2c1=O. The number of hydrogen-bond acceptors (Lipinski definition) is 5. The largest absolute Gasteiger partial charge is 0.477 e. The van der Waals surface area contributed by atoms with Crippen molar-refractivity contribution < 1.29 is 9.90 Å². The number of carboxylic acids is 1. The van der Waals surface area contributed by atoms with Crippen molar-refractivity contribution in [2.24, 2.45) is 0 Å². The Bertz CT molecular complexity index is 905. The van der Waals surface area contributed by atoms with Crippen molar-refractivity contribution in [3.05, 3.63) is 49.0 Å². The molecular formula is C14H12N2O3S2. The Morgan fingerprint density at radius 3 is 2.86 bits per heavy atom. The van der Waals surface area contributed by atoms with Crippen molar-refractivity contribution in [1.82, 2.24) is 9.55 Å². The zero-order chi connectivity index (χ0) is 15.1. The third kappa shape index (κ3) is 2.38. The summed E-state index contributed by atoms with van der Waals surface area (Å²) in [6.45, 7) is 4.13. The van der Waals surface area contributed by atoms with Crippen LogP contribution in [0.2, 0.25) is 0 Å². The molecule has 0 unspecified atom stereocenters. The van der Waals surface area contributed by atoms with Crippen molar-refractivity contribution in [3.63, 3.8) is 0 Å². The summed E-state index contributed by atoms with van der Waals surface area (Å²) in [5.41, 5.74) is 2.50. The summed E-state index contributed by atoms with van der Waals surface area (Å²) in [5.74, 6) is -0.941. The first-order valence-electron chi connectivity index (χ1n) is 6.23. The molecule has 0 aliphatic rings. The minimum atomic E-state index is -0.941. The summed E-state index contributed by atoms with van der Waals surface area (Å²) in [7, 11) is 0. The molecule has 3 aromatic heterocycles. The number of aryl methyl sites for hydroxylation is 2. The predicted molar refractivity (Wildman–Crippen MR) is 83.7 cm³/mol. The van der Waals surface area contributed by atoms with Gasteiger partial charge < -0.3 is 5.11 Å². The summed E-state index contributed by atoms with van der Waals surface area (Å²) in [6, 6.07) is 1.62. The molecule has 5 nitrogen and oxygen atoms in total. The zero-order valence-electron chi connectivity index (χ0n) is 11.4. The average Bonchev–Trinajstić information content (AvgIpc) is 2.98. The molecular weight excluding hydrogens is 308 g/mol. The number of thiophene rings is 2. The summed E-state index contributed by atoms with van der Waals surface area (Å²) in [4.78, 5) is 28.9. The van der Waals surface area contributed by atoms with Crippen LogP contribution in [0.25, 0.3) is 10.2 Å². The fourth-order valence-electron chi connectivity index (χ4n) is 2.14. The molecule has 0 aromatic carbocycles. The Hall–Kier alpha value is -1.99.